The molecular formula is C10H11Cl3O. The van der Waals surface area contributed by atoms with Crippen LogP contribution in [-0.2, 0) is 4.33 Å². The van der Waals surface area contributed by atoms with Crippen LogP contribution in [0.3, 0.4) is 0 Å². The van der Waals surface area contributed by atoms with Gasteiger partial charge in [0, 0.05) is 0 Å². The number of rotatable bonds is 3. The molecule has 0 bridgehead atoms. The van der Waals surface area contributed by atoms with Crippen LogP contribution in [0, 0.1) is 6.92 Å². The Hall–Kier alpha value is -0.110. The fourth-order valence-corrected chi connectivity index (χ4v) is 1.75. The minimum atomic E-state index is -1.06. The average molecular weight is 254 g/mol. The number of hydrogen-bond donors (Lipinski definition) is 0. The summed E-state index contributed by atoms with van der Waals surface area (Å²) in [4.78, 5) is 0. The van der Waals surface area contributed by atoms with Crippen molar-refractivity contribution in [3.63, 3.8) is 0 Å². The quantitative estimate of drug-likeness (QED) is 0.743. The molecule has 0 saturated heterocycles. The third kappa shape index (κ3) is 2.47. The van der Waals surface area contributed by atoms with Gasteiger partial charge in [-0.05, 0) is 30.2 Å². The van der Waals surface area contributed by atoms with Crippen molar-refractivity contribution in [2.45, 2.75) is 11.3 Å². The zero-order valence-electron chi connectivity index (χ0n) is 7.98. The summed E-state index contributed by atoms with van der Waals surface area (Å²) < 4.78 is 4.03. The number of halogens is 3. The molecule has 0 aliphatic heterocycles. The molecule has 0 N–H and O–H groups in total. The van der Waals surface area contributed by atoms with E-state index >= 15 is 0 Å². The third-order valence-corrected chi connectivity index (χ3v) is 3.36. The molecule has 0 aliphatic carbocycles. The third-order valence-electron chi connectivity index (χ3n) is 2.01. The summed E-state index contributed by atoms with van der Waals surface area (Å²) in [5.74, 6) is 0.866. The summed E-state index contributed by atoms with van der Waals surface area (Å²) in [6.45, 7) is 1.93. The molecule has 0 heterocycles. The highest BCUT2D eigenvalue weighted by molar-refractivity contribution is 6.51. The highest BCUT2D eigenvalue weighted by atomic mass is 35.5. The average Bonchev–Trinajstić information content (AvgIpc) is 2.18. The molecule has 4 heteroatoms. The topological polar surface area (TPSA) is 9.23 Å². The highest BCUT2D eigenvalue weighted by Crippen LogP contribution is 2.38. The van der Waals surface area contributed by atoms with Crippen molar-refractivity contribution in [1.82, 2.24) is 0 Å². The highest BCUT2D eigenvalue weighted by Gasteiger charge is 2.27. The van der Waals surface area contributed by atoms with E-state index in [9.17, 15) is 0 Å². The van der Waals surface area contributed by atoms with Gasteiger partial charge in [-0.1, -0.05) is 29.3 Å². The molecule has 0 unspecified atom stereocenters. The Morgan fingerprint density at radius 1 is 1.36 bits per heavy atom. The van der Waals surface area contributed by atoms with Crippen molar-refractivity contribution in [3.8, 4) is 5.75 Å². The fraction of sp³-hybridized carbons (Fsp3) is 0.400. The molecule has 1 aromatic carbocycles. The first kappa shape index (κ1) is 12.0. The van der Waals surface area contributed by atoms with Gasteiger partial charge in [0.1, 0.15) is 5.75 Å². The molecule has 1 aromatic rings. The lowest BCUT2D eigenvalue weighted by Gasteiger charge is -2.19. The van der Waals surface area contributed by atoms with Crippen LogP contribution >= 0.6 is 34.8 Å². The van der Waals surface area contributed by atoms with Gasteiger partial charge in [-0.3, -0.25) is 0 Å². The Labute approximate surface area is 98.9 Å². The number of hydrogen-bond acceptors (Lipinski definition) is 1. The van der Waals surface area contributed by atoms with Crippen LogP contribution in [0.2, 0.25) is 0 Å². The molecule has 0 aliphatic rings. The smallest absolute Gasteiger partial charge is 0.156 e. The molecule has 0 radical (unpaired) electrons. The second-order valence-electron chi connectivity index (χ2n) is 3.02. The monoisotopic (exact) mass is 252 g/mol. The second kappa shape index (κ2) is 4.61. The maximum Gasteiger partial charge on any atom is 0.156 e. The zero-order chi connectivity index (χ0) is 10.8. The van der Waals surface area contributed by atoms with E-state index in [0.29, 0.717) is 0 Å². The largest absolute Gasteiger partial charge is 0.497 e. The molecule has 78 valence electrons. The van der Waals surface area contributed by atoms with E-state index in [-0.39, 0.29) is 5.88 Å². The van der Waals surface area contributed by atoms with Crippen LogP contribution in [0.15, 0.2) is 18.2 Å². The van der Waals surface area contributed by atoms with Gasteiger partial charge in [-0.15, -0.1) is 11.6 Å². The normalized spacial score (nSPS) is 11.5. The van der Waals surface area contributed by atoms with Crippen molar-refractivity contribution in [1.29, 1.82) is 0 Å². The molecule has 0 saturated carbocycles. The van der Waals surface area contributed by atoms with Crippen molar-refractivity contribution >= 4 is 34.8 Å². The van der Waals surface area contributed by atoms with E-state index in [2.05, 4.69) is 0 Å². The van der Waals surface area contributed by atoms with E-state index in [4.69, 9.17) is 39.5 Å². The van der Waals surface area contributed by atoms with E-state index in [1.807, 2.05) is 19.1 Å². The molecule has 0 atom stereocenters. The van der Waals surface area contributed by atoms with Crippen molar-refractivity contribution < 1.29 is 4.74 Å². The molecule has 0 spiro atoms. The predicted octanol–water partition coefficient (Wildman–Crippen LogP) is 3.87. The van der Waals surface area contributed by atoms with Gasteiger partial charge in [0.15, 0.2) is 4.33 Å². The number of methoxy groups -OCH3 is 1. The molecule has 1 nitrogen and oxygen atoms in total. The van der Waals surface area contributed by atoms with E-state index < -0.39 is 4.33 Å². The van der Waals surface area contributed by atoms with Gasteiger partial charge < -0.3 is 4.74 Å². The molecule has 0 amide bonds. The second-order valence-corrected chi connectivity index (χ2v) is 4.77. The molecule has 14 heavy (non-hydrogen) atoms. The Morgan fingerprint density at radius 2 is 2.00 bits per heavy atom. The van der Waals surface area contributed by atoms with Crippen LogP contribution in [0.1, 0.15) is 11.1 Å². The zero-order valence-corrected chi connectivity index (χ0v) is 10.2. The Morgan fingerprint density at radius 3 is 2.50 bits per heavy atom. The van der Waals surface area contributed by atoms with Crippen molar-refractivity contribution in [2.75, 3.05) is 13.0 Å². The fourth-order valence-electron chi connectivity index (χ4n) is 1.19. The summed E-state index contributed by atoms with van der Waals surface area (Å²) in [7, 11) is 1.60. The summed E-state index contributed by atoms with van der Waals surface area (Å²) in [5.41, 5.74) is 1.78. The number of benzene rings is 1. The SMILES string of the molecule is COc1ccc(C)c(C(Cl)(Cl)CCl)c1. The summed E-state index contributed by atoms with van der Waals surface area (Å²) in [5, 5.41) is 0. The van der Waals surface area contributed by atoms with Gasteiger partial charge in [-0.25, -0.2) is 0 Å². The molecule has 0 aromatic heterocycles. The van der Waals surface area contributed by atoms with E-state index in [1.165, 1.54) is 0 Å². The van der Waals surface area contributed by atoms with Crippen LogP contribution in [0.4, 0.5) is 0 Å². The number of aryl methyl sites for hydroxylation is 1. The first-order chi connectivity index (χ1) is 6.51. The molecule has 1 rings (SSSR count). The maximum absolute atomic E-state index is 6.06. The van der Waals surface area contributed by atoms with Gasteiger partial charge in [0.05, 0.1) is 13.0 Å². The number of alkyl halides is 3. The van der Waals surface area contributed by atoms with Crippen LogP contribution in [0.25, 0.3) is 0 Å². The molecule has 0 fully saturated rings. The van der Waals surface area contributed by atoms with Gasteiger partial charge in [-0.2, -0.15) is 0 Å². The lowest BCUT2D eigenvalue weighted by atomic mass is 10.1. The summed E-state index contributed by atoms with van der Waals surface area (Å²) in [6, 6.07) is 5.56. The molecular weight excluding hydrogens is 242 g/mol. The standard InChI is InChI=1S/C10H11Cl3O/c1-7-3-4-8(14-2)5-9(7)10(12,13)6-11/h3-5H,6H2,1-2H3. The first-order valence-corrected chi connectivity index (χ1v) is 5.39. The minimum absolute atomic E-state index is 0.143. The summed E-state index contributed by atoms with van der Waals surface area (Å²) >= 11 is 17.8. The summed E-state index contributed by atoms with van der Waals surface area (Å²) in [6.07, 6.45) is 0. The van der Waals surface area contributed by atoms with Crippen LogP contribution in [0.5, 0.6) is 5.75 Å². The van der Waals surface area contributed by atoms with Gasteiger partial charge >= 0.3 is 0 Å². The Balaban J connectivity index is 3.18. The van der Waals surface area contributed by atoms with Crippen LogP contribution in [-0.4, -0.2) is 13.0 Å². The Kier molecular flexibility index (Phi) is 3.94. The lowest BCUT2D eigenvalue weighted by molar-refractivity contribution is 0.414. The predicted molar refractivity (Wildman–Crippen MR) is 61.8 cm³/mol. The van der Waals surface area contributed by atoms with Crippen LogP contribution < -0.4 is 4.74 Å². The Bertz CT molecular complexity index is 323. The van der Waals surface area contributed by atoms with Gasteiger partial charge in [0.25, 0.3) is 0 Å². The van der Waals surface area contributed by atoms with Crippen molar-refractivity contribution in [2.24, 2.45) is 0 Å². The first-order valence-electron chi connectivity index (χ1n) is 4.10. The lowest BCUT2D eigenvalue weighted by Crippen LogP contribution is -2.14. The minimum Gasteiger partial charge on any atom is -0.497 e. The van der Waals surface area contributed by atoms with Gasteiger partial charge in [0.2, 0.25) is 0 Å². The maximum atomic E-state index is 6.06. The van der Waals surface area contributed by atoms with Crippen molar-refractivity contribution in [3.05, 3.63) is 29.3 Å². The number of ether oxygens (including phenoxy) is 1. The van der Waals surface area contributed by atoms with E-state index in [0.717, 1.165) is 16.9 Å². The van der Waals surface area contributed by atoms with E-state index in [1.54, 1.807) is 13.2 Å².